The molecule has 0 fully saturated rings. The summed E-state index contributed by atoms with van der Waals surface area (Å²) in [5.74, 6) is -0.544. The minimum absolute atomic E-state index is 0.544. The lowest BCUT2D eigenvalue weighted by Crippen LogP contribution is -2.44. The average molecular weight is 299 g/mol. The van der Waals surface area contributed by atoms with Crippen LogP contribution in [0, 0.1) is 0 Å². The molecule has 0 heterocycles. The van der Waals surface area contributed by atoms with E-state index >= 15 is 0 Å². The molecule has 0 bridgehead atoms. The molecule has 0 spiro atoms. The molecule has 0 unspecified atom stereocenters. The Morgan fingerprint density at radius 2 is 1.41 bits per heavy atom. The molecular weight excluding hydrogens is 278 g/mol. The number of hydrogen-bond acceptors (Lipinski definition) is 4. The third kappa shape index (κ3) is 3.18. The van der Waals surface area contributed by atoms with E-state index in [1.54, 1.807) is 13.8 Å². The first-order valence-corrected chi connectivity index (χ1v) is 7.25. The fourth-order valence-corrected chi connectivity index (χ4v) is 2.39. The highest BCUT2D eigenvalue weighted by molar-refractivity contribution is 5.75. The molecular formula is C18H21NO3. The molecule has 0 aliphatic carbocycles. The van der Waals surface area contributed by atoms with Gasteiger partial charge in [-0.3, -0.25) is 4.79 Å². The van der Waals surface area contributed by atoms with Gasteiger partial charge in [0.25, 0.3) is 0 Å². The highest BCUT2D eigenvalue weighted by atomic mass is 16.6. The average Bonchev–Trinajstić information content (AvgIpc) is 2.55. The van der Waals surface area contributed by atoms with E-state index in [2.05, 4.69) is 0 Å². The van der Waals surface area contributed by atoms with Crippen molar-refractivity contribution < 1.29 is 14.6 Å². The second kappa shape index (κ2) is 6.73. The molecule has 4 nitrogen and oxygen atoms in total. The van der Waals surface area contributed by atoms with Crippen molar-refractivity contribution >= 4 is 5.97 Å². The fourth-order valence-electron chi connectivity index (χ4n) is 2.39. The van der Waals surface area contributed by atoms with E-state index < -0.39 is 23.7 Å². The molecule has 0 aromatic heterocycles. The fraction of sp³-hybridized carbons (Fsp3) is 0.278. The lowest BCUT2D eigenvalue weighted by Gasteiger charge is -2.35. The number of rotatable bonds is 5. The van der Waals surface area contributed by atoms with Crippen molar-refractivity contribution in [1.82, 2.24) is 0 Å². The maximum atomic E-state index is 11.8. The molecule has 2 atom stereocenters. The van der Waals surface area contributed by atoms with Gasteiger partial charge in [0.1, 0.15) is 12.1 Å². The Balaban J connectivity index is 2.45. The normalized spacial score (nSPS) is 14.2. The first-order valence-electron chi connectivity index (χ1n) is 7.25. The highest BCUT2D eigenvalue weighted by Gasteiger charge is 2.40. The highest BCUT2D eigenvalue weighted by Crippen LogP contribution is 2.34. The Hall–Kier alpha value is -2.17. The van der Waals surface area contributed by atoms with Gasteiger partial charge in [0.05, 0.1) is 0 Å². The van der Waals surface area contributed by atoms with Crippen molar-refractivity contribution in [3.63, 3.8) is 0 Å². The van der Waals surface area contributed by atoms with E-state index in [1.165, 1.54) is 0 Å². The standard InChI is InChI=1S/C18H21NO3/c1-13(19)17(20)22-14(2)18(21,15-9-5-3-6-10-15)16-11-7-4-8-12-16/h3-14,21H,19H2,1-2H3/t13-,14-/m0/s1. The number of benzene rings is 2. The van der Waals surface area contributed by atoms with E-state index in [0.29, 0.717) is 11.1 Å². The molecule has 3 N–H and O–H groups in total. The van der Waals surface area contributed by atoms with Crippen LogP contribution in [0.3, 0.4) is 0 Å². The van der Waals surface area contributed by atoms with Gasteiger partial charge in [-0.2, -0.15) is 0 Å². The minimum Gasteiger partial charge on any atom is -0.458 e. The number of nitrogens with two attached hydrogens (primary N) is 1. The SMILES string of the molecule is C[C@H](N)C(=O)O[C@@H](C)C(O)(c1ccccc1)c1ccccc1. The Bertz CT molecular complexity index is 571. The lowest BCUT2D eigenvalue weighted by molar-refractivity contribution is -0.161. The van der Waals surface area contributed by atoms with Gasteiger partial charge < -0.3 is 15.6 Å². The molecule has 116 valence electrons. The predicted molar refractivity (Wildman–Crippen MR) is 85.1 cm³/mol. The summed E-state index contributed by atoms with van der Waals surface area (Å²) in [5.41, 5.74) is 5.43. The van der Waals surface area contributed by atoms with Gasteiger partial charge in [0.15, 0.2) is 5.60 Å². The van der Waals surface area contributed by atoms with E-state index in [-0.39, 0.29) is 0 Å². The minimum atomic E-state index is -1.44. The summed E-state index contributed by atoms with van der Waals surface area (Å²) in [6, 6.07) is 17.6. The Morgan fingerprint density at radius 1 is 1.00 bits per heavy atom. The third-order valence-electron chi connectivity index (χ3n) is 3.68. The van der Waals surface area contributed by atoms with Crippen LogP contribution in [0.25, 0.3) is 0 Å². The number of aliphatic hydroxyl groups is 1. The molecule has 0 saturated heterocycles. The summed E-state index contributed by atoms with van der Waals surface area (Å²) in [6.45, 7) is 3.22. The van der Waals surface area contributed by atoms with E-state index in [9.17, 15) is 9.90 Å². The van der Waals surface area contributed by atoms with Crippen molar-refractivity contribution in [3.8, 4) is 0 Å². The van der Waals surface area contributed by atoms with Gasteiger partial charge in [-0.25, -0.2) is 0 Å². The lowest BCUT2D eigenvalue weighted by atomic mass is 9.82. The summed E-state index contributed by atoms with van der Waals surface area (Å²) in [5, 5.41) is 11.3. The predicted octanol–water partition coefficient (Wildman–Crippen LogP) is 2.20. The molecule has 4 heteroatoms. The third-order valence-corrected chi connectivity index (χ3v) is 3.68. The summed E-state index contributed by atoms with van der Waals surface area (Å²) >= 11 is 0. The van der Waals surface area contributed by atoms with Crippen LogP contribution in [0.1, 0.15) is 25.0 Å². The zero-order chi connectivity index (χ0) is 16.2. The van der Waals surface area contributed by atoms with Crippen molar-refractivity contribution in [2.45, 2.75) is 31.6 Å². The van der Waals surface area contributed by atoms with Crippen LogP contribution in [-0.2, 0) is 15.1 Å². The number of carbonyl (C=O) groups is 1. The summed E-state index contributed by atoms with van der Waals surface area (Å²) in [6.07, 6.45) is -0.782. The van der Waals surface area contributed by atoms with Crippen LogP contribution >= 0.6 is 0 Å². The zero-order valence-corrected chi connectivity index (χ0v) is 12.8. The van der Waals surface area contributed by atoms with Crippen LogP contribution in [0.4, 0.5) is 0 Å². The largest absolute Gasteiger partial charge is 0.458 e. The number of ether oxygens (including phenoxy) is 1. The summed E-state index contributed by atoms with van der Waals surface area (Å²) in [4.78, 5) is 11.8. The molecule has 2 aromatic carbocycles. The van der Waals surface area contributed by atoms with Gasteiger partial charge in [-0.05, 0) is 25.0 Å². The van der Waals surface area contributed by atoms with Gasteiger partial charge >= 0.3 is 5.97 Å². The van der Waals surface area contributed by atoms with Crippen LogP contribution in [0.2, 0.25) is 0 Å². The Morgan fingerprint density at radius 3 is 1.77 bits per heavy atom. The van der Waals surface area contributed by atoms with Gasteiger partial charge in [0, 0.05) is 0 Å². The van der Waals surface area contributed by atoms with Crippen LogP contribution in [0.15, 0.2) is 60.7 Å². The van der Waals surface area contributed by atoms with E-state index in [4.69, 9.17) is 10.5 Å². The number of carbonyl (C=O) groups excluding carboxylic acids is 1. The van der Waals surface area contributed by atoms with Crippen molar-refractivity contribution in [3.05, 3.63) is 71.8 Å². The van der Waals surface area contributed by atoms with Crippen LogP contribution in [-0.4, -0.2) is 23.2 Å². The van der Waals surface area contributed by atoms with Crippen molar-refractivity contribution in [1.29, 1.82) is 0 Å². The van der Waals surface area contributed by atoms with E-state index in [1.807, 2.05) is 60.7 Å². The van der Waals surface area contributed by atoms with Gasteiger partial charge in [0.2, 0.25) is 0 Å². The molecule has 22 heavy (non-hydrogen) atoms. The number of hydrogen-bond donors (Lipinski definition) is 2. The summed E-state index contributed by atoms with van der Waals surface area (Å²) < 4.78 is 5.37. The topological polar surface area (TPSA) is 72.6 Å². The molecule has 2 aromatic rings. The number of esters is 1. The molecule has 0 aliphatic rings. The van der Waals surface area contributed by atoms with Crippen LogP contribution < -0.4 is 5.73 Å². The molecule has 0 amide bonds. The Labute approximate surface area is 130 Å². The zero-order valence-electron chi connectivity index (χ0n) is 12.8. The van der Waals surface area contributed by atoms with Crippen molar-refractivity contribution in [2.75, 3.05) is 0 Å². The molecule has 0 saturated carbocycles. The van der Waals surface area contributed by atoms with Gasteiger partial charge in [-0.1, -0.05) is 60.7 Å². The smallest absolute Gasteiger partial charge is 0.323 e. The van der Waals surface area contributed by atoms with E-state index in [0.717, 1.165) is 0 Å². The first-order chi connectivity index (χ1) is 10.5. The van der Waals surface area contributed by atoms with Crippen molar-refractivity contribution in [2.24, 2.45) is 5.73 Å². The maximum absolute atomic E-state index is 11.8. The quantitative estimate of drug-likeness (QED) is 0.830. The Kier molecular flexibility index (Phi) is 4.96. The second-order valence-corrected chi connectivity index (χ2v) is 5.37. The van der Waals surface area contributed by atoms with Gasteiger partial charge in [-0.15, -0.1) is 0 Å². The first kappa shape index (κ1) is 16.2. The van der Waals surface area contributed by atoms with Crippen LogP contribution in [0.5, 0.6) is 0 Å². The monoisotopic (exact) mass is 299 g/mol. The molecule has 0 radical (unpaired) electrons. The maximum Gasteiger partial charge on any atom is 0.323 e. The molecule has 2 rings (SSSR count). The second-order valence-electron chi connectivity index (χ2n) is 5.37. The molecule has 0 aliphatic heterocycles. The summed E-state index contributed by atoms with van der Waals surface area (Å²) in [7, 11) is 0.